The number of benzene rings is 1. The van der Waals surface area contributed by atoms with E-state index in [1.807, 2.05) is 25.1 Å². The molecule has 1 aliphatic heterocycles. The Morgan fingerprint density at radius 2 is 2.33 bits per heavy atom. The van der Waals surface area contributed by atoms with Crippen LogP contribution in [-0.2, 0) is 11.3 Å². The van der Waals surface area contributed by atoms with Crippen LogP contribution in [0.3, 0.4) is 0 Å². The van der Waals surface area contributed by atoms with Crippen LogP contribution in [0.2, 0.25) is 5.02 Å². The molecule has 98 valence electrons. The van der Waals surface area contributed by atoms with Crippen molar-refractivity contribution >= 4 is 17.6 Å². The van der Waals surface area contributed by atoms with Crippen molar-refractivity contribution in [1.82, 2.24) is 4.90 Å². The summed E-state index contributed by atoms with van der Waals surface area (Å²) in [4.78, 5) is 13.2. The van der Waals surface area contributed by atoms with E-state index < -0.39 is 5.97 Å². The standard InChI is InChI=1S/C14H18ClNO2/c1-10-7-13(15)5-4-11(10)8-16-6-2-3-12(9-16)14(17)18/h4-5,7,12H,2-3,6,8-9H2,1H3,(H,17,18)/t12-/m1/s1. The Bertz CT molecular complexity index is 447. The van der Waals surface area contributed by atoms with Crippen LogP contribution >= 0.6 is 11.6 Å². The molecule has 0 amide bonds. The number of carbonyl (C=O) groups is 1. The minimum Gasteiger partial charge on any atom is -0.481 e. The first kappa shape index (κ1) is 13.4. The zero-order valence-electron chi connectivity index (χ0n) is 10.5. The lowest BCUT2D eigenvalue weighted by atomic mass is 9.97. The SMILES string of the molecule is Cc1cc(Cl)ccc1CN1CCC[C@@H](C(=O)O)C1. The van der Waals surface area contributed by atoms with E-state index in [0.29, 0.717) is 6.54 Å². The van der Waals surface area contributed by atoms with Gasteiger partial charge in [-0.25, -0.2) is 0 Å². The molecule has 1 aliphatic rings. The van der Waals surface area contributed by atoms with Gasteiger partial charge in [-0.15, -0.1) is 0 Å². The number of carboxylic acids is 1. The van der Waals surface area contributed by atoms with Crippen LogP contribution in [0.1, 0.15) is 24.0 Å². The Hall–Kier alpha value is -1.06. The van der Waals surface area contributed by atoms with E-state index in [4.69, 9.17) is 16.7 Å². The molecule has 1 aromatic carbocycles. The Morgan fingerprint density at radius 3 is 3.00 bits per heavy atom. The van der Waals surface area contributed by atoms with Gasteiger partial charge in [-0.05, 0) is 49.6 Å². The molecule has 1 aromatic rings. The summed E-state index contributed by atoms with van der Waals surface area (Å²) in [6.07, 6.45) is 1.76. The van der Waals surface area contributed by atoms with Crippen molar-refractivity contribution in [3.05, 3.63) is 34.3 Å². The van der Waals surface area contributed by atoms with Crippen molar-refractivity contribution < 1.29 is 9.90 Å². The van der Waals surface area contributed by atoms with Crippen molar-refractivity contribution in [2.45, 2.75) is 26.3 Å². The van der Waals surface area contributed by atoms with Crippen LogP contribution in [-0.4, -0.2) is 29.1 Å². The third-order valence-electron chi connectivity index (χ3n) is 3.55. The Balaban J connectivity index is 2.02. The second kappa shape index (κ2) is 5.72. The third-order valence-corrected chi connectivity index (χ3v) is 3.79. The van der Waals surface area contributed by atoms with Crippen LogP contribution < -0.4 is 0 Å². The summed E-state index contributed by atoms with van der Waals surface area (Å²) in [5, 5.41) is 9.82. The normalized spacial score (nSPS) is 20.9. The molecule has 1 heterocycles. The van der Waals surface area contributed by atoms with Crippen LogP contribution in [0.25, 0.3) is 0 Å². The lowest BCUT2D eigenvalue weighted by Crippen LogP contribution is -2.38. The molecule has 1 atom stereocenters. The number of hydrogen-bond donors (Lipinski definition) is 1. The minimum atomic E-state index is -0.674. The highest BCUT2D eigenvalue weighted by molar-refractivity contribution is 6.30. The number of aliphatic carboxylic acids is 1. The smallest absolute Gasteiger partial charge is 0.307 e. The van der Waals surface area contributed by atoms with Gasteiger partial charge in [0, 0.05) is 18.1 Å². The Kier molecular flexibility index (Phi) is 4.25. The first-order valence-electron chi connectivity index (χ1n) is 6.26. The van der Waals surface area contributed by atoms with E-state index >= 15 is 0 Å². The first-order valence-corrected chi connectivity index (χ1v) is 6.64. The summed E-state index contributed by atoms with van der Waals surface area (Å²) < 4.78 is 0. The summed E-state index contributed by atoms with van der Waals surface area (Å²) in [5.41, 5.74) is 2.39. The Labute approximate surface area is 112 Å². The fourth-order valence-electron chi connectivity index (χ4n) is 2.48. The average molecular weight is 268 g/mol. The lowest BCUT2D eigenvalue weighted by Gasteiger charge is -2.31. The molecule has 1 N–H and O–H groups in total. The van der Waals surface area contributed by atoms with Gasteiger partial charge in [-0.3, -0.25) is 9.69 Å². The van der Waals surface area contributed by atoms with E-state index in [-0.39, 0.29) is 5.92 Å². The molecule has 0 spiro atoms. The van der Waals surface area contributed by atoms with Crippen molar-refractivity contribution in [2.24, 2.45) is 5.92 Å². The number of nitrogens with zero attached hydrogens (tertiary/aromatic N) is 1. The van der Waals surface area contributed by atoms with Crippen molar-refractivity contribution in [2.75, 3.05) is 13.1 Å². The van der Waals surface area contributed by atoms with Gasteiger partial charge in [-0.1, -0.05) is 17.7 Å². The fraction of sp³-hybridized carbons (Fsp3) is 0.500. The molecule has 18 heavy (non-hydrogen) atoms. The number of aryl methyl sites for hydroxylation is 1. The van der Waals surface area contributed by atoms with Crippen molar-refractivity contribution in [3.63, 3.8) is 0 Å². The zero-order valence-corrected chi connectivity index (χ0v) is 11.3. The number of halogens is 1. The summed E-state index contributed by atoms with van der Waals surface area (Å²) in [6, 6.07) is 5.88. The molecule has 0 saturated carbocycles. The summed E-state index contributed by atoms with van der Waals surface area (Å²) in [7, 11) is 0. The molecule has 1 fully saturated rings. The number of likely N-dealkylation sites (tertiary alicyclic amines) is 1. The zero-order chi connectivity index (χ0) is 13.1. The molecule has 1 saturated heterocycles. The van der Waals surface area contributed by atoms with E-state index in [1.165, 1.54) is 11.1 Å². The largest absolute Gasteiger partial charge is 0.481 e. The summed E-state index contributed by atoms with van der Waals surface area (Å²) >= 11 is 5.93. The van der Waals surface area contributed by atoms with Gasteiger partial charge in [0.2, 0.25) is 0 Å². The molecule has 0 aromatic heterocycles. The molecule has 0 aliphatic carbocycles. The summed E-state index contributed by atoms with van der Waals surface area (Å²) in [5.74, 6) is -0.890. The molecule has 0 bridgehead atoms. The van der Waals surface area contributed by atoms with Gasteiger partial charge in [0.15, 0.2) is 0 Å². The van der Waals surface area contributed by atoms with Gasteiger partial charge >= 0.3 is 5.97 Å². The quantitative estimate of drug-likeness (QED) is 0.915. The molecule has 0 unspecified atom stereocenters. The molecule has 4 heteroatoms. The first-order chi connectivity index (χ1) is 8.56. The third kappa shape index (κ3) is 3.24. The number of carboxylic acid groups (broad SMARTS) is 1. The van der Waals surface area contributed by atoms with E-state index in [9.17, 15) is 4.79 Å². The second-order valence-electron chi connectivity index (χ2n) is 4.98. The Morgan fingerprint density at radius 1 is 1.56 bits per heavy atom. The van der Waals surface area contributed by atoms with Crippen molar-refractivity contribution in [1.29, 1.82) is 0 Å². The lowest BCUT2D eigenvalue weighted by molar-refractivity contribution is -0.143. The highest BCUT2D eigenvalue weighted by Gasteiger charge is 2.25. The van der Waals surface area contributed by atoms with Gasteiger partial charge in [0.05, 0.1) is 5.92 Å². The van der Waals surface area contributed by atoms with Crippen LogP contribution in [0, 0.1) is 12.8 Å². The van der Waals surface area contributed by atoms with E-state index in [1.54, 1.807) is 0 Å². The highest BCUT2D eigenvalue weighted by Crippen LogP contribution is 2.21. The van der Waals surface area contributed by atoms with E-state index in [0.717, 1.165) is 31.0 Å². The molecular formula is C14H18ClNO2. The van der Waals surface area contributed by atoms with Crippen LogP contribution in [0.5, 0.6) is 0 Å². The minimum absolute atomic E-state index is 0.216. The molecule has 0 radical (unpaired) electrons. The van der Waals surface area contributed by atoms with Crippen molar-refractivity contribution in [3.8, 4) is 0 Å². The maximum atomic E-state index is 11.0. The molecule has 2 rings (SSSR count). The molecular weight excluding hydrogens is 250 g/mol. The predicted octanol–water partition coefficient (Wildman–Crippen LogP) is 2.95. The van der Waals surface area contributed by atoms with Gasteiger partial charge in [0.1, 0.15) is 0 Å². The fourth-order valence-corrected chi connectivity index (χ4v) is 2.70. The molecule has 3 nitrogen and oxygen atoms in total. The van der Waals surface area contributed by atoms with E-state index in [2.05, 4.69) is 4.90 Å². The maximum Gasteiger partial charge on any atom is 0.307 e. The highest BCUT2D eigenvalue weighted by atomic mass is 35.5. The second-order valence-corrected chi connectivity index (χ2v) is 5.42. The number of piperidine rings is 1. The van der Waals surface area contributed by atoms with Crippen LogP contribution in [0.15, 0.2) is 18.2 Å². The van der Waals surface area contributed by atoms with Gasteiger partial charge < -0.3 is 5.11 Å². The maximum absolute atomic E-state index is 11.0. The summed E-state index contributed by atoms with van der Waals surface area (Å²) in [6.45, 7) is 4.48. The topological polar surface area (TPSA) is 40.5 Å². The number of rotatable bonds is 3. The number of hydrogen-bond acceptors (Lipinski definition) is 2. The average Bonchev–Trinajstić information content (AvgIpc) is 2.33. The van der Waals surface area contributed by atoms with Gasteiger partial charge in [0.25, 0.3) is 0 Å². The monoisotopic (exact) mass is 267 g/mol. The van der Waals surface area contributed by atoms with Gasteiger partial charge in [-0.2, -0.15) is 0 Å². The van der Waals surface area contributed by atoms with Crippen LogP contribution in [0.4, 0.5) is 0 Å². The predicted molar refractivity (Wildman–Crippen MR) is 71.8 cm³/mol.